The van der Waals surface area contributed by atoms with Crippen LogP contribution in [0.3, 0.4) is 0 Å². The quantitative estimate of drug-likeness (QED) is 0.890. The smallest absolute Gasteiger partial charge is 0.270 e. The predicted molar refractivity (Wildman–Crippen MR) is 94.1 cm³/mol. The van der Waals surface area contributed by atoms with E-state index < -0.39 is 0 Å². The van der Waals surface area contributed by atoms with Crippen LogP contribution in [0.4, 0.5) is 10.2 Å². The van der Waals surface area contributed by atoms with E-state index in [9.17, 15) is 14.0 Å². The number of carbonyl (C=O) groups is 2. The molecule has 0 atom stereocenters. The molecule has 2 heterocycles. The summed E-state index contributed by atoms with van der Waals surface area (Å²) in [7, 11) is 0. The van der Waals surface area contributed by atoms with E-state index in [4.69, 9.17) is 0 Å². The molecule has 1 fully saturated rings. The van der Waals surface area contributed by atoms with E-state index in [2.05, 4.69) is 15.3 Å². The lowest BCUT2D eigenvalue weighted by Crippen LogP contribution is -2.48. The van der Waals surface area contributed by atoms with Gasteiger partial charge in [0, 0.05) is 51.3 Å². The fourth-order valence-corrected chi connectivity index (χ4v) is 2.80. The van der Waals surface area contributed by atoms with Crippen molar-refractivity contribution in [2.75, 3.05) is 31.1 Å². The largest absolute Gasteiger partial charge is 0.353 e. The molecule has 0 radical (unpaired) electrons. The molecule has 1 saturated heterocycles. The highest BCUT2D eigenvalue weighted by Gasteiger charge is 2.20. The van der Waals surface area contributed by atoms with Crippen LogP contribution >= 0.6 is 0 Å². The van der Waals surface area contributed by atoms with Crippen LogP contribution in [0.1, 0.15) is 23.0 Å². The first-order valence-electron chi connectivity index (χ1n) is 8.38. The van der Waals surface area contributed by atoms with E-state index in [1.54, 1.807) is 36.1 Å². The van der Waals surface area contributed by atoms with Crippen LogP contribution in [0.5, 0.6) is 0 Å². The second-order valence-corrected chi connectivity index (χ2v) is 6.03. The Hall–Kier alpha value is -3.03. The van der Waals surface area contributed by atoms with Crippen molar-refractivity contribution in [3.8, 4) is 0 Å². The number of hydrogen-bond donors (Lipinski definition) is 1. The molecule has 136 valence electrons. The van der Waals surface area contributed by atoms with E-state index in [0.29, 0.717) is 37.6 Å². The van der Waals surface area contributed by atoms with Crippen molar-refractivity contribution in [3.63, 3.8) is 0 Å². The zero-order valence-corrected chi connectivity index (χ0v) is 14.5. The molecule has 1 aromatic carbocycles. The monoisotopic (exact) mass is 357 g/mol. The van der Waals surface area contributed by atoms with Gasteiger partial charge in [0.25, 0.3) is 5.91 Å². The van der Waals surface area contributed by atoms with Crippen LogP contribution in [0.25, 0.3) is 0 Å². The summed E-state index contributed by atoms with van der Waals surface area (Å²) >= 11 is 0. The van der Waals surface area contributed by atoms with Crippen LogP contribution in [0, 0.1) is 5.82 Å². The van der Waals surface area contributed by atoms with Gasteiger partial charge in [-0.1, -0.05) is 18.2 Å². The highest BCUT2D eigenvalue weighted by molar-refractivity contribution is 5.92. The Morgan fingerprint density at radius 2 is 1.88 bits per heavy atom. The Morgan fingerprint density at radius 3 is 2.58 bits per heavy atom. The van der Waals surface area contributed by atoms with Gasteiger partial charge in [-0.25, -0.2) is 14.4 Å². The van der Waals surface area contributed by atoms with Gasteiger partial charge in [0.2, 0.25) is 5.91 Å². The summed E-state index contributed by atoms with van der Waals surface area (Å²) in [5.74, 6) is -0.0569. The molecule has 8 heteroatoms. The molecule has 3 rings (SSSR count). The van der Waals surface area contributed by atoms with Crippen LogP contribution in [0.2, 0.25) is 0 Å². The normalized spacial score (nSPS) is 14.2. The molecule has 1 aliphatic heterocycles. The van der Waals surface area contributed by atoms with Crippen molar-refractivity contribution in [2.45, 2.75) is 13.5 Å². The van der Waals surface area contributed by atoms with E-state index in [1.165, 1.54) is 12.4 Å². The highest BCUT2D eigenvalue weighted by Crippen LogP contribution is 2.14. The molecule has 0 spiro atoms. The van der Waals surface area contributed by atoms with Crippen molar-refractivity contribution in [2.24, 2.45) is 0 Å². The second kappa shape index (κ2) is 7.90. The molecule has 2 aromatic rings. The predicted octanol–water partition coefficient (Wildman–Crippen LogP) is 1.21. The Kier molecular flexibility index (Phi) is 5.40. The highest BCUT2D eigenvalue weighted by atomic mass is 19.1. The minimum Gasteiger partial charge on any atom is -0.353 e. The number of aromatic nitrogens is 2. The van der Waals surface area contributed by atoms with Crippen LogP contribution in [0.15, 0.2) is 36.7 Å². The van der Waals surface area contributed by atoms with E-state index in [0.717, 1.165) is 0 Å². The lowest BCUT2D eigenvalue weighted by Gasteiger charge is -2.34. The third-order valence-corrected chi connectivity index (χ3v) is 4.33. The first-order valence-corrected chi connectivity index (χ1v) is 8.38. The van der Waals surface area contributed by atoms with Crippen molar-refractivity contribution in [1.82, 2.24) is 20.2 Å². The van der Waals surface area contributed by atoms with Crippen molar-refractivity contribution < 1.29 is 14.0 Å². The summed E-state index contributed by atoms with van der Waals surface area (Å²) in [5, 5.41) is 2.67. The number of carbonyl (C=O) groups excluding carboxylic acids is 2. The Labute approximate surface area is 150 Å². The minimum absolute atomic E-state index is 0.0561. The summed E-state index contributed by atoms with van der Waals surface area (Å²) in [6.07, 6.45) is 1.34. The summed E-state index contributed by atoms with van der Waals surface area (Å²) in [6.45, 7) is 4.17. The number of hydrogen-bond acceptors (Lipinski definition) is 5. The second-order valence-electron chi connectivity index (χ2n) is 6.03. The van der Waals surface area contributed by atoms with Gasteiger partial charge in [0.15, 0.2) is 0 Å². The van der Waals surface area contributed by atoms with E-state index in [1.807, 2.05) is 4.90 Å². The minimum atomic E-state index is -0.390. The molecule has 0 saturated carbocycles. The molecular formula is C18H20FN5O2. The first-order chi connectivity index (χ1) is 12.5. The van der Waals surface area contributed by atoms with Gasteiger partial charge in [-0.3, -0.25) is 9.59 Å². The fraction of sp³-hybridized carbons (Fsp3) is 0.333. The van der Waals surface area contributed by atoms with Crippen molar-refractivity contribution in [1.29, 1.82) is 0 Å². The van der Waals surface area contributed by atoms with Crippen molar-refractivity contribution in [3.05, 3.63) is 53.7 Å². The molecule has 26 heavy (non-hydrogen) atoms. The van der Waals surface area contributed by atoms with E-state index in [-0.39, 0.29) is 29.9 Å². The van der Waals surface area contributed by atoms with Gasteiger partial charge in [-0.2, -0.15) is 0 Å². The summed E-state index contributed by atoms with van der Waals surface area (Å²) in [5.41, 5.74) is 0.635. The maximum absolute atomic E-state index is 13.6. The van der Waals surface area contributed by atoms with E-state index >= 15 is 0 Å². The van der Waals surface area contributed by atoms with Crippen LogP contribution in [-0.4, -0.2) is 52.9 Å². The number of piperazine rings is 1. The van der Waals surface area contributed by atoms with Gasteiger partial charge in [0.05, 0.1) is 0 Å². The summed E-state index contributed by atoms with van der Waals surface area (Å²) < 4.78 is 13.6. The Morgan fingerprint density at radius 1 is 1.15 bits per heavy atom. The molecule has 2 amide bonds. The zero-order valence-electron chi connectivity index (χ0n) is 14.5. The molecular weight excluding hydrogens is 337 g/mol. The third-order valence-electron chi connectivity index (χ3n) is 4.33. The molecule has 1 N–H and O–H groups in total. The number of amides is 2. The number of nitrogens with one attached hydrogen (secondary N) is 1. The topological polar surface area (TPSA) is 78.4 Å². The fourth-order valence-electron chi connectivity index (χ4n) is 2.80. The van der Waals surface area contributed by atoms with Gasteiger partial charge in [-0.05, 0) is 6.07 Å². The maximum Gasteiger partial charge on any atom is 0.270 e. The lowest BCUT2D eigenvalue weighted by molar-refractivity contribution is -0.129. The zero-order chi connectivity index (χ0) is 18.5. The average Bonchev–Trinajstić information content (AvgIpc) is 2.67. The summed E-state index contributed by atoms with van der Waals surface area (Å²) in [6, 6.07) is 7.90. The number of nitrogens with zero attached hydrogens (tertiary/aromatic N) is 4. The molecule has 7 nitrogen and oxygen atoms in total. The van der Waals surface area contributed by atoms with Gasteiger partial charge < -0.3 is 15.1 Å². The summed E-state index contributed by atoms with van der Waals surface area (Å²) in [4.78, 5) is 35.7. The molecule has 1 aromatic heterocycles. The van der Waals surface area contributed by atoms with Crippen LogP contribution < -0.4 is 10.2 Å². The number of rotatable bonds is 4. The lowest BCUT2D eigenvalue weighted by atomic mass is 10.2. The average molecular weight is 357 g/mol. The molecule has 1 aliphatic rings. The number of anilines is 1. The van der Waals surface area contributed by atoms with Crippen LogP contribution in [-0.2, 0) is 11.3 Å². The first kappa shape index (κ1) is 17.8. The Bertz CT molecular complexity index is 806. The molecule has 0 bridgehead atoms. The Balaban J connectivity index is 1.63. The molecule has 0 aliphatic carbocycles. The SMILES string of the molecule is CC(=O)N1CCN(c2cc(C(=O)NCc3ccccc3F)ncn2)CC1. The number of halogens is 1. The van der Waals surface area contributed by atoms with Crippen molar-refractivity contribution >= 4 is 17.6 Å². The standard InChI is InChI=1S/C18H20FN5O2/c1-13(25)23-6-8-24(9-7-23)17-10-16(21-12-22-17)18(26)20-11-14-4-2-3-5-15(14)19/h2-5,10,12H,6-9,11H2,1H3,(H,20,26). The number of benzene rings is 1. The van der Waals surface area contributed by atoms with Gasteiger partial charge >= 0.3 is 0 Å². The maximum atomic E-state index is 13.6. The third kappa shape index (κ3) is 4.14. The van der Waals surface area contributed by atoms with Gasteiger partial charge in [0.1, 0.15) is 23.7 Å². The van der Waals surface area contributed by atoms with Gasteiger partial charge in [-0.15, -0.1) is 0 Å². The molecule has 0 unspecified atom stereocenters.